The van der Waals surface area contributed by atoms with Gasteiger partial charge in [-0.15, -0.1) is 6.58 Å². The van der Waals surface area contributed by atoms with Crippen LogP contribution in [0, 0.1) is 16.7 Å². The van der Waals surface area contributed by atoms with Gasteiger partial charge in [0.1, 0.15) is 5.41 Å². The number of carbonyl (C=O) groups excluding carboxylic acids is 1. The summed E-state index contributed by atoms with van der Waals surface area (Å²) in [6.07, 6.45) is 2.45. The lowest BCUT2D eigenvalue weighted by molar-refractivity contribution is -0.126. The van der Waals surface area contributed by atoms with E-state index in [4.69, 9.17) is 5.26 Å². The highest BCUT2D eigenvalue weighted by atomic mass is 16.2. The van der Waals surface area contributed by atoms with Gasteiger partial charge in [0, 0.05) is 6.54 Å². The van der Waals surface area contributed by atoms with Gasteiger partial charge < -0.3 is 5.32 Å². The minimum Gasteiger partial charge on any atom is -0.354 e. The number of carbonyl (C=O) groups is 1. The van der Waals surface area contributed by atoms with E-state index in [1.165, 1.54) is 0 Å². The molecule has 0 aromatic rings. The lowest BCUT2D eigenvalue weighted by Crippen LogP contribution is -2.36. The first-order valence-electron chi connectivity index (χ1n) is 3.85. The zero-order valence-corrected chi connectivity index (χ0v) is 7.55. The Morgan fingerprint density at radius 3 is 2.75 bits per heavy atom. The van der Waals surface area contributed by atoms with E-state index in [1.54, 1.807) is 19.9 Å². The molecule has 1 amide bonds. The first kappa shape index (κ1) is 10.7. The third-order valence-corrected chi connectivity index (χ3v) is 1.48. The second-order valence-electron chi connectivity index (χ2n) is 3.07. The SMILES string of the molecule is C=CCCNC(=O)C(C)(C)C#N. The summed E-state index contributed by atoms with van der Waals surface area (Å²) in [5, 5.41) is 11.2. The van der Waals surface area contributed by atoms with Crippen LogP contribution in [0.15, 0.2) is 12.7 Å². The number of nitriles is 1. The Balaban J connectivity index is 3.89. The lowest BCUT2D eigenvalue weighted by Gasteiger charge is -2.13. The lowest BCUT2D eigenvalue weighted by atomic mass is 9.95. The van der Waals surface area contributed by atoms with Gasteiger partial charge in [-0.3, -0.25) is 4.79 Å². The molecule has 3 nitrogen and oxygen atoms in total. The van der Waals surface area contributed by atoms with Crippen LogP contribution in [-0.2, 0) is 4.79 Å². The molecule has 0 saturated heterocycles. The topological polar surface area (TPSA) is 52.9 Å². The van der Waals surface area contributed by atoms with Crippen LogP contribution >= 0.6 is 0 Å². The first-order chi connectivity index (χ1) is 5.54. The molecule has 0 aliphatic rings. The van der Waals surface area contributed by atoms with E-state index in [0.29, 0.717) is 6.54 Å². The van der Waals surface area contributed by atoms with Crippen LogP contribution in [0.25, 0.3) is 0 Å². The average Bonchev–Trinajstić information content (AvgIpc) is 2.05. The molecule has 0 unspecified atom stereocenters. The van der Waals surface area contributed by atoms with E-state index in [9.17, 15) is 4.79 Å². The predicted molar refractivity (Wildman–Crippen MR) is 47.2 cm³/mol. The zero-order valence-electron chi connectivity index (χ0n) is 7.55. The van der Waals surface area contributed by atoms with E-state index < -0.39 is 5.41 Å². The van der Waals surface area contributed by atoms with Crippen LogP contribution < -0.4 is 5.32 Å². The van der Waals surface area contributed by atoms with Crippen molar-refractivity contribution in [3.63, 3.8) is 0 Å². The molecule has 0 aliphatic carbocycles. The fourth-order valence-corrected chi connectivity index (χ4v) is 0.560. The number of hydrogen-bond donors (Lipinski definition) is 1. The van der Waals surface area contributed by atoms with Crippen molar-refractivity contribution in [2.24, 2.45) is 5.41 Å². The molecule has 0 bridgehead atoms. The van der Waals surface area contributed by atoms with Crippen molar-refractivity contribution >= 4 is 5.91 Å². The number of nitrogens with one attached hydrogen (secondary N) is 1. The number of rotatable bonds is 4. The molecule has 12 heavy (non-hydrogen) atoms. The second-order valence-corrected chi connectivity index (χ2v) is 3.07. The van der Waals surface area contributed by atoms with Gasteiger partial charge in [0.05, 0.1) is 6.07 Å². The summed E-state index contributed by atoms with van der Waals surface area (Å²) in [7, 11) is 0. The maximum Gasteiger partial charge on any atom is 0.239 e. The van der Waals surface area contributed by atoms with Crippen LogP contribution in [0.3, 0.4) is 0 Å². The summed E-state index contributed by atoms with van der Waals surface area (Å²) in [6.45, 7) is 7.26. The largest absolute Gasteiger partial charge is 0.354 e. The minimum atomic E-state index is -0.929. The normalized spacial score (nSPS) is 10.1. The Hall–Kier alpha value is -1.30. The summed E-state index contributed by atoms with van der Waals surface area (Å²) in [4.78, 5) is 11.2. The van der Waals surface area contributed by atoms with Crippen molar-refractivity contribution in [1.29, 1.82) is 5.26 Å². The Morgan fingerprint density at radius 1 is 1.75 bits per heavy atom. The molecule has 0 atom stereocenters. The Kier molecular flexibility index (Phi) is 4.06. The van der Waals surface area contributed by atoms with Gasteiger partial charge in [-0.2, -0.15) is 5.26 Å². The second kappa shape index (κ2) is 4.55. The van der Waals surface area contributed by atoms with Gasteiger partial charge in [0.2, 0.25) is 5.91 Å². The van der Waals surface area contributed by atoms with E-state index in [-0.39, 0.29) is 5.91 Å². The number of amides is 1. The highest BCUT2D eigenvalue weighted by molar-refractivity contribution is 5.84. The predicted octanol–water partition coefficient (Wildman–Crippen LogP) is 1.23. The van der Waals surface area contributed by atoms with Gasteiger partial charge >= 0.3 is 0 Å². The van der Waals surface area contributed by atoms with Crippen molar-refractivity contribution in [2.45, 2.75) is 20.3 Å². The molecule has 0 aromatic carbocycles. The number of nitrogens with zero attached hydrogens (tertiary/aromatic N) is 1. The Bertz CT molecular complexity index is 213. The highest BCUT2D eigenvalue weighted by Crippen LogP contribution is 2.12. The monoisotopic (exact) mass is 166 g/mol. The van der Waals surface area contributed by atoms with Crippen LogP contribution in [0.5, 0.6) is 0 Å². The summed E-state index contributed by atoms with van der Waals surface area (Å²) in [5.41, 5.74) is -0.929. The summed E-state index contributed by atoms with van der Waals surface area (Å²) in [6, 6.07) is 1.93. The van der Waals surface area contributed by atoms with Gasteiger partial charge in [0.25, 0.3) is 0 Å². The number of hydrogen-bond acceptors (Lipinski definition) is 2. The van der Waals surface area contributed by atoms with Crippen LogP contribution in [0.4, 0.5) is 0 Å². The van der Waals surface area contributed by atoms with Gasteiger partial charge in [-0.25, -0.2) is 0 Å². The molecular weight excluding hydrogens is 152 g/mol. The molecule has 0 rings (SSSR count). The Labute approximate surface area is 73.1 Å². The zero-order chi connectivity index (χ0) is 9.61. The smallest absolute Gasteiger partial charge is 0.239 e. The molecule has 0 radical (unpaired) electrons. The summed E-state index contributed by atoms with van der Waals surface area (Å²) in [5.74, 6) is -0.230. The molecule has 0 spiro atoms. The minimum absolute atomic E-state index is 0.230. The molecule has 1 N–H and O–H groups in total. The van der Waals surface area contributed by atoms with Gasteiger partial charge in [0.15, 0.2) is 0 Å². The molecule has 3 heteroatoms. The summed E-state index contributed by atoms with van der Waals surface area (Å²) >= 11 is 0. The van der Waals surface area contributed by atoms with Crippen molar-refractivity contribution in [3.8, 4) is 6.07 Å². The molecule has 0 aliphatic heterocycles. The maximum absolute atomic E-state index is 11.2. The van der Waals surface area contributed by atoms with E-state index >= 15 is 0 Å². The Morgan fingerprint density at radius 2 is 2.33 bits per heavy atom. The molecule has 0 saturated carbocycles. The summed E-state index contributed by atoms with van der Waals surface area (Å²) < 4.78 is 0. The van der Waals surface area contributed by atoms with Crippen LogP contribution in [0.1, 0.15) is 20.3 Å². The highest BCUT2D eigenvalue weighted by Gasteiger charge is 2.26. The molecule has 66 valence electrons. The third-order valence-electron chi connectivity index (χ3n) is 1.48. The van der Waals surface area contributed by atoms with Gasteiger partial charge in [-0.1, -0.05) is 6.08 Å². The maximum atomic E-state index is 11.2. The van der Waals surface area contributed by atoms with E-state index in [1.807, 2.05) is 6.07 Å². The fourth-order valence-electron chi connectivity index (χ4n) is 0.560. The molecule has 0 heterocycles. The fraction of sp³-hybridized carbons (Fsp3) is 0.556. The van der Waals surface area contributed by atoms with Crippen LogP contribution in [-0.4, -0.2) is 12.5 Å². The van der Waals surface area contributed by atoms with Crippen molar-refractivity contribution in [1.82, 2.24) is 5.32 Å². The molecule has 0 aromatic heterocycles. The third kappa shape index (κ3) is 3.20. The van der Waals surface area contributed by atoms with Crippen LogP contribution in [0.2, 0.25) is 0 Å². The first-order valence-corrected chi connectivity index (χ1v) is 3.85. The van der Waals surface area contributed by atoms with E-state index in [0.717, 1.165) is 6.42 Å². The van der Waals surface area contributed by atoms with Crippen molar-refractivity contribution in [2.75, 3.05) is 6.54 Å². The van der Waals surface area contributed by atoms with Gasteiger partial charge in [-0.05, 0) is 20.3 Å². The van der Waals surface area contributed by atoms with Crippen molar-refractivity contribution in [3.05, 3.63) is 12.7 Å². The standard InChI is InChI=1S/C9H14N2O/c1-4-5-6-11-8(12)9(2,3)7-10/h4H,1,5-6H2,2-3H3,(H,11,12). The molecular formula is C9H14N2O. The average molecular weight is 166 g/mol. The quantitative estimate of drug-likeness (QED) is 0.504. The molecule has 0 fully saturated rings. The van der Waals surface area contributed by atoms with E-state index in [2.05, 4.69) is 11.9 Å². The van der Waals surface area contributed by atoms with Crippen molar-refractivity contribution < 1.29 is 4.79 Å².